The minimum atomic E-state index is -0.170. The Hall–Kier alpha value is -2.92. The Morgan fingerprint density at radius 3 is 2.52 bits per heavy atom. The highest BCUT2D eigenvalue weighted by Crippen LogP contribution is 2.38. The number of carbonyl (C=O) groups is 1. The molecular formula is C19H15ClN2O3. The van der Waals surface area contributed by atoms with Gasteiger partial charge in [0, 0.05) is 33.3 Å². The van der Waals surface area contributed by atoms with Crippen molar-refractivity contribution in [3.63, 3.8) is 0 Å². The molecule has 0 radical (unpaired) electrons. The maximum atomic E-state index is 12.4. The summed E-state index contributed by atoms with van der Waals surface area (Å²) in [4.78, 5) is 15.6. The van der Waals surface area contributed by atoms with Crippen LogP contribution in [0.5, 0.6) is 11.5 Å². The van der Waals surface area contributed by atoms with Crippen LogP contribution in [-0.4, -0.2) is 25.1 Å². The molecule has 1 aliphatic heterocycles. The van der Waals surface area contributed by atoms with Crippen LogP contribution >= 0.6 is 11.6 Å². The van der Waals surface area contributed by atoms with Gasteiger partial charge in [-0.15, -0.1) is 0 Å². The van der Waals surface area contributed by atoms with Crippen LogP contribution < -0.4 is 14.8 Å². The summed E-state index contributed by atoms with van der Waals surface area (Å²) in [5, 5.41) is 4.22. The number of rotatable bonds is 3. The van der Waals surface area contributed by atoms with Gasteiger partial charge < -0.3 is 19.8 Å². The monoisotopic (exact) mass is 354 g/mol. The lowest BCUT2D eigenvalue weighted by Crippen LogP contribution is -2.03. The van der Waals surface area contributed by atoms with Gasteiger partial charge in [0.2, 0.25) is 0 Å². The SMILES string of the molecule is COc1ccc2c(c1)/C(=C\c1c(Cl)[nH]c3ccc(OC)cc13)C(=O)N2. The van der Waals surface area contributed by atoms with Gasteiger partial charge in [0.25, 0.3) is 5.91 Å². The number of halogens is 1. The summed E-state index contributed by atoms with van der Waals surface area (Å²) < 4.78 is 10.6. The molecule has 1 aliphatic rings. The van der Waals surface area contributed by atoms with Crippen molar-refractivity contribution in [3.8, 4) is 11.5 Å². The molecule has 1 aromatic heterocycles. The highest BCUT2D eigenvalue weighted by Gasteiger charge is 2.25. The zero-order valence-corrected chi connectivity index (χ0v) is 14.4. The topological polar surface area (TPSA) is 63.4 Å². The van der Waals surface area contributed by atoms with Crippen LogP contribution in [0, 0.1) is 0 Å². The Labute approximate surface area is 149 Å². The molecule has 25 heavy (non-hydrogen) atoms. The highest BCUT2D eigenvalue weighted by atomic mass is 35.5. The zero-order valence-electron chi connectivity index (χ0n) is 13.6. The van der Waals surface area contributed by atoms with E-state index in [1.807, 2.05) is 36.4 Å². The van der Waals surface area contributed by atoms with Crippen molar-refractivity contribution in [2.75, 3.05) is 19.5 Å². The molecule has 6 heteroatoms. The van der Waals surface area contributed by atoms with E-state index in [1.54, 1.807) is 20.3 Å². The van der Waals surface area contributed by atoms with Gasteiger partial charge in [-0.05, 0) is 42.5 Å². The molecule has 2 N–H and O–H groups in total. The third-order valence-corrected chi connectivity index (χ3v) is 4.59. The fourth-order valence-electron chi connectivity index (χ4n) is 3.01. The van der Waals surface area contributed by atoms with Crippen molar-refractivity contribution >= 4 is 45.7 Å². The largest absolute Gasteiger partial charge is 0.497 e. The van der Waals surface area contributed by atoms with E-state index in [-0.39, 0.29) is 5.91 Å². The van der Waals surface area contributed by atoms with E-state index in [0.29, 0.717) is 16.5 Å². The number of hydrogen-bond acceptors (Lipinski definition) is 3. The standard InChI is InChI=1S/C19H15ClN2O3/c1-24-10-3-5-16-12(7-10)14(18(20)21-16)9-15-13-8-11(25-2)4-6-17(13)22-19(15)23/h3-9,21H,1-2H3,(H,22,23)/b15-9+. The first kappa shape index (κ1) is 15.6. The van der Waals surface area contributed by atoms with E-state index < -0.39 is 0 Å². The second-order valence-electron chi connectivity index (χ2n) is 5.69. The van der Waals surface area contributed by atoms with Crippen molar-refractivity contribution in [2.24, 2.45) is 0 Å². The molecule has 0 unspecified atom stereocenters. The van der Waals surface area contributed by atoms with Crippen molar-refractivity contribution in [1.29, 1.82) is 0 Å². The van der Waals surface area contributed by atoms with E-state index in [1.165, 1.54) is 0 Å². The van der Waals surface area contributed by atoms with E-state index in [0.717, 1.165) is 33.5 Å². The summed E-state index contributed by atoms with van der Waals surface area (Å²) >= 11 is 6.38. The molecule has 126 valence electrons. The minimum Gasteiger partial charge on any atom is -0.497 e. The first-order valence-corrected chi connectivity index (χ1v) is 8.05. The third-order valence-electron chi connectivity index (χ3n) is 4.30. The van der Waals surface area contributed by atoms with E-state index in [4.69, 9.17) is 21.1 Å². The Morgan fingerprint density at radius 1 is 1.04 bits per heavy atom. The van der Waals surface area contributed by atoms with Crippen molar-refractivity contribution in [3.05, 3.63) is 52.7 Å². The van der Waals surface area contributed by atoms with Crippen molar-refractivity contribution in [2.45, 2.75) is 0 Å². The molecule has 4 rings (SSSR count). The number of anilines is 1. The molecule has 0 spiro atoms. The number of H-pyrrole nitrogens is 1. The number of nitrogens with one attached hydrogen (secondary N) is 2. The van der Waals surface area contributed by atoms with Crippen LogP contribution in [-0.2, 0) is 4.79 Å². The number of methoxy groups -OCH3 is 2. The van der Waals surface area contributed by atoms with Crippen LogP contribution in [0.2, 0.25) is 5.15 Å². The molecule has 2 aromatic carbocycles. The average Bonchev–Trinajstić information content (AvgIpc) is 3.10. The van der Waals surface area contributed by atoms with Crippen LogP contribution in [0.25, 0.3) is 22.6 Å². The summed E-state index contributed by atoms with van der Waals surface area (Å²) in [6.07, 6.45) is 1.79. The summed E-state index contributed by atoms with van der Waals surface area (Å²) in [5.41, 5.74) is 3.71. The summed E-state index contributed by atoms with van der Waals surface area (Å²) in [7, 11) is 3.21. The van der Waals surface area contributed by atoms with Gasteiger partial charge in [-0.3, -0.25) is 4.79 Å². The molecule has 0 aliphatic carbocycles. The summed E-state index contributed by atoms with van der Waals surface area (Å²) in [6, 6.07) is 11.1. The number of fused-ring (bicyclic) bond motifs is 2. The molecule has 0 saturated carbocycles. The number of aromatic amines is 1. The molecule has 5 nitrogen and oxygen atoms in total. The van der Waals surface area contributed by atoms with Gasteiger partial charge in [0.05, 0.1) is 14.2 Å². The van der Waals surface area contributed by atoms with Crippen molar-refractivity contribution in [1.82, 2.24) is 4.98 Å². The van der Waals surface area contributed by atoms with E-state index in [9.17, 15) is 4.79 Å². The predicted molar refractivity (Wildman–Crippen MR) is 99.4 cm³/mol. The maximum absolute atomic E-state index is 12.4. The molecule has 2 heterocycles. The van der Waals surface area contributed by atoms with E-state index >= 15 is 0 Å². The number of carbonyl (C=O) groups excluding carboxylic acids is 1. The third kappa shape index (κ3) is 2.53. The Morgan fingerprint density at radius 2 is 1.76 bits per heavy atom. The number of ether oxygens (including phenoxy) is 2. The zero-order chi connectivity index (χ0) is 17.6. The van der Waals surface area contributed by atoms with Gasteiger partial charge in [0.15, 0.2) is 0 Å². The quantitative estimate of drug-likeness (QED) is 0.688. The smallest absolute Gasteiger partial charge is 0.256 e. The Balaban J connectivity index is 1.91. The second-order valence-corrected chi connectivity index (χ2v) is 6.07. The lowest BCUT2D eigenvalue weighted by atomic mass is 10.0. The first-order chi connectivity index (χ1) is 12.1. The minimum absolute atomic E-state index is 0.170. The van der Waals surface area contributed by atoms with Gasteiger partial charge >= 0.3 is 0 Å². The van der Waals surface area contributed by atoms with Crippen molar-refractivity contribution < 1.29 is 14.3 Å². The molecule has 0 atom stereocenters. The first-order valence-electron chi connectivity index (χ1n) is 7.67. The molecule has 0 fully saturated rings. The van der Waals surface area contributed by atoms with Crippen LogP contribution in [0.1, 0.15) is 11.1 Å². The number of amides is 1. The maximum Gasteiger partial charge on any atom is 0.256 e. The second kappa shape index (κ2) is 5.86. The Kier molecular flexibility index (Phi) is 3.66. The number of aromatic nitrogens is 1. The van der Waals surface area contributed by atoms with Gasteiger partial charge in [-0.1, -0.05) is 11.6 Å². The van der Waals surface area contributed by atoms with Gasteiger partial charge in [-0.2, -0.15) is 0 Å². The molecule has 3 aromatic rings. The van der Waals surface area contributed by atoms with Gasteiger partial charge in [0.1, 0.15) is 16.7 Å². The normalized spacial score (nSPS) is 14.7. The van der Waals surface area contributed by atoms with Crippen LogP contribution in [0.3, 0.4) is 0 Å². The molecule has 1 amide bonds. The molecular weight excluding hydrogens is 340 g/mol. The highest BCUT2D eigenvalue weighted by molar-refractivity contribution is 6.38. The summed E-state index contributed by atoms with van der Waals surface area (Å²) in [5.74, 6) is 1.24. The lowest BCUT2D eigenvalue weighted by Gasteiger charge is -2.03. The fourth-order valence-corrected chi connectivity index (χ4v) is 3.27. The fraction of sp³-hybridized carbons (Fsp3) is 0.105. The summed E-state index contributed by atoms with van der Waals surface area (Å²) in [6.45, 7) is 0. The predicted octanol–water partition coefficient (Wildman–Crippen LogP) is 4.33. The van der Waals surface area contributed by atoms with Gasteiger partial charge in [-0.25, -0.2) is 0 Å². The molecule has 0 saturated heterocycles. The van der Waals surface area contributed by atoms with Crippen LogP contribution in [0.15, 0.2) is 36.4 Å². The number of benzene rings is 2. The average molecular weight is 355 g/mol. The number of hydrogen-bond donors (Lipinski definition) is 2. The molecule has 0 bridgehead atoms. The van der Waals surface area contributed by atoms with E-state index in [2.05, 4.69) is 10.3 Å². The lowest BCUT2D eigenvalue weighted by molar-refractivity contribution is -0.110. The van der Waals surface area contributed by atoms with Crippen LogP contribution in [0.4, 0.5) is 5.69 Å². The Bertz CT molecular complexity index is 1040.